The van der Waals surface area contributed by atoms with Crippen LogP contribution in [0.2, 0.25) is 0 Å². The number of aliphatic imine (C=N–C) groups is 1. The third kappa shape index (κ3) is 7.46. The number of nitrogens with zero attached hydrogens (tertiary/aromatic N) is 2. The van der Waals surface area contributed by atoms with E-state index in [4.69, 9.17) is 9.26 Å². The van der Waals surface area contributed by atoms with Gasteiger partial charge in [0.05, 0.1) is 12.6 Å². The molecule has 0 spiro atoms. The standard InChI is InChI=1S/C23H28N4O2.HI/c1-18(19-10-5-3-6-11-19)28-15-9-14-25-23(24-2)26-17-21-16-22(29-27-21)20-12-7-4-8-13-20;/h3-8,10-13,16,18H,9,14-15,17H2,1-2H3,(H2,24,25,26);1H. The monoisotopic (exact) mass is 520 g/mol. The summed E-state index contributed by atoms with van der Waals surface area (Å²) in [5, 5.41) is 10.7. The highest BCUT2D eigenvalue weighted by Crippen LogP contribution is 2.19. The van der Waals surface area contributed by atoms with Gasteiger partial charge in [-0.15, -0.1) is 24.0 Å². The fourth-order valence-corrected chi connectivity index (χ4v) is 2.89. The van der Waals surface area contributed by atoms with Crippen molar-refractivity contribution in [3.63, 3.8) is 0 Å². The fraction of sp³-hybridized carbons (Fsp3) is 0.304. The van der Waals surface area contributed by atoms with Crippen molar-refractivity contribution in [3.8, 4) is 11.3 Å². The zero-order valence-electron chi connectivity index (χ0n) is 17.4. The highest BCUT2D eigenvalue weighted by Gasteiger charge is 2.07. The minimum atomic E-state index is 0. The minimum absolute atomic E-state index is 0. The summed E-state index contributed by atoms with van der Waals surface area (Å²) in [6.07, 6.45) is 0.986. The van der Waals surface area contributed by atoms with Crippen LogP contribution in [0, 0.1) is 0 Å². The van der Waals surface area contributed by atoms with Gasteiger partial charge in [0.25, 0.3) is 0 Å². The summed E-state index contributed by atoms with van der Waals surface area (Å²) in [4.78, 5) is 4.24. The van der Waals surface area contributed by atoms with E-state index in [1.165, 1.54) is 5.56 Å². The molecule has 2 aromatic carbocycles. The summed E-state index contributed by atoms with van der Waals surface area (Å²) in [6, 6.07) is 22.1. The van der Waals surface area contributed by atoms with Gasteiger partial charge < -0.3 is 19.9 Å². The predicted octanol–water partition coefficient (Wildman–Crippen LogP) is 4.79. The Balaban J connectivity index is 0.00000320. The molecule has 1 atom stereocenters. The Kier molecular flexibility index (Phi) is 10.4. The lowest BCUT2D eigenvalue weighted by atomic mass is 10.1. The van der Waals surface area contributed by atoms with Gasteiger partial charge in [-0.2, -0.15) is 0 Å². The molecule has 0 aliphatic carbocycles. The molecule has 0 amide bonds. The first-order valence-corrected chi connectivity index (χ1v) is 9.88. The second-order valence-corrected chi connectivity index (χ2v) is 6.68. The van der Waals surface area contributed by atoms with Gasteiger partial charge >= 0.3 is 0 Å². The van der Waals surface area contributed by atoms with Gasteiger partial charge in [0.2, 0.25) is 0 Å². The van der Waals surface area contributed by atoms with Crippen molar-refractivity contribution in [2.75, 3.05) is 20.2 Å². The minimum Gasteiger partial charge on any atom is -0.374 e. The Morgan fingerprint density at radius 2 is 1.77 bits per heavy atom. The highest BCUT2D eigenvalue weighted by molar-refractivity contribution is 14.0. The second-order valence-electron chi connectivity index (χ2n) is 6.68. The first-order chi connectivity index (χ1) is 14.3. The van der Waals surface area contributed by atoms with E-state index in [0.717, 1.165) is 35.9 Å². The van der Waals surface area contributed by atoms with E-state index in [0.29, 0.717) is 13.2 Å². The molecule has 0 radical (unpaired) electrons. The Morgan fingerprint density at radius 1 is 1.07 bits per heavy atom. The van der Waals surface area contributed by atoms with Crippen LogP contribution in [0.15, 0.2) is 76.2 Å². The number of guanidine groups is 1. The van der Waals surface area contributed by atoms with Gasteiger partial charge in [0.1, 0.15) is 5.69 Å². The summed E-state index contributed by atoms with van der Waals surface area (Å²) < 4.78 is 11.3. The van der Waals surface area contributed by atoms with Gasteiger partial charge in [-0.05, 0) is 18.9 Å². The van der Waals surface area contributed by atoms with E-state index in [-0.39, 0.29) is 30.1 Å². The molecular formula is C23H29IN4O2. The van der Waals surface area contributed by atoms with Crippen LogP contribution in [0.4, 0.5) is 0 Å². The van der Waals surface area contributed by atoms with Crippen molar-refractivity contribution in [2.24, 2.45) is 4.99 Å². The molecule has 7 heteroatoms. The van der Waals surface area contributed by atoms with Gasteiger partial charge in [-0.25, -0.2) is 0 Å². The van der Waals surface area contributed by atoms with Crippen LogP contribution in [-0.4, -0.2) is 31.3 Å². The molecule has 1 heterocycles. The molecule has 0 bridgehead atoms. The molecule has 6 nitrogen and oxygen atoms in total. The largest absolute Gasteiger partial charge is 0.374 e. The normalized spacial score (nSPS) is 12.1. The van der Waals surface area contributed by atoms with Crippen molar-refractivity contribution < 1.29 is 9.26 Å². The van der Waals surface area contributed by atoms with E-state index >= 15 is 0 Å². The number of halogens is 1. The molecule has 2 N–H and O–H groups in total. The van der Waals surface area contributed by atoms with Gasteiger partial charge in [0.15, 0.2) is 11.7 Å². The van der Waals surface area contributed by atoms with Crippen LogP contribution < -0.4 is 10.6 Å². The molecule has 1 aromatic heterocycles. The molecule has 30 heavy (non-hydrogen) atoms. The summed E-state index contributed by atoms with van der Waals surface area (Å²) in [5.41, 5.74) is 3.03. The molecule has 0 saturated carbocycles. The third-order valence-corrected chi connectivity index (χ3v) is 4.53. The number of rotatable bonds is 9. The van der Waals surface area contributed by atoms with Gasteiger partial charge in [0, 0.05) is 31.8 Å². The molecule has 160 valence electrons. The molecule has 0 fully saturated rings. The van der Waals surface area contributed by atoms with Crippen LogP contribution in [0.1, 0.15) is 30.7 Å². The third-order valence-electron chi connectivity index (χ3n) is 4.53. The number of aromatic nitrogens is 1. The van der Waals surface area contributed by atoms with Crippen LogP contribution >= 0.6 is 24.0 Å². The Bertz CT molecular complexity index is 884. The van der Waals surface area contributed by atoms with Crippen molar-refractivity contribution in [2.45, 2.75) is 26.0 Å². The van der Waals surface area contributed by atoms with Crippen LogP contribution in [-0.2, 0) is 11.3 Å². The summed E-state index contributed by atoms with van der Waals surface area (Å²) in [6.45, 7) is 4.07. The first kappa shape index (κ1) is 23.9. The molecule has 0 aliphatic heterocycles. The Hall–Kier alpha value is -2.39. The number of nitrogens with one attached hydrogen (secondary N) is 2. The highest BCUT2D eigenvalue weighted by atomic mass is 127. The molecule has 0 aliphatic rings. The first-order valence-electron chi connectivity index (χ1n) is 9.88. The maximum Gasteiger partial charge on any atom is 0.191 e. The van der Waals surface area contributed by atoms with Crippen LogP contribution in [0.5, 0.6) is 0 Å². The predicted molar refractivity (Wildman–Crippen MR) is 131 cm³/mol. The smallest absolute Gasteiger partial charge is 0.191 e. The maximum absolute atomic E-state index is 5.89. The number of ether oxygens (including phenoxy) is 1. The second kappa shape index (κ2) is 13.0. The zero-order valence-corrected chi connectivity index (χ0v) is 19.7. The summed E-state index contributed by atoms with van der Waals surface area (Å²) >= 11 is 0. The maximum atomic E-state index is 5.89. The quantitative estimate of drug-likeness (QED) is 0.184. The zero-order chi connectivity index (χ0) is 20.3. The van der Waals surface area contributed by atoms with E-state index in [1.54, 1.807) is 7.05 Å². The fourth-order valence-electron chi connectivity index (χ4n) is 2.89. The lowest BCUT2D eigenvalue weighted by Gasteiger charge is -2.14. The van der Waals surface area contributed by atoms with Crippen molar-refractivity contribution in [3.05, 3.63) is 78.0 Å². The molecular weight excluding hydrogens is 491 g/mol. The molecule has 0 saturated heterocycles. The average Bonchev–Trinajstić information content (AvgIpc) is 3.26. The number of hydrogen-bond acceptors (Lipinski definition) is 4. The van der Waals surface area contributed by atoms with E-state index in [2.05, 4.69) is 39.8 Å². The van der Waals surface area contributed by atoms with Crippen molar-refractivity contribution in [1.82, 2.24) is 15.8 Å². The SMILES string of the molecule is CN=C(NCCCOC(C)c1ccccc1)NCc1cc(-c2ccccc2)on1.I. The van der Waals surface area contributed by atoms with Crippen LogP contribution in [0.3, 0.4) is 0 Å². The lowest BCUT2D eigenvalue weighted by molar-refractivity contribution is 0.0646. The lowest BCUT2D eigenvalue weighted by Crippen LogP contribution is -2.37. The van der Waals surface area contributed by atoms with Crippen molar-refractivity contribution in [1.29, 1.82) is 0 Å². The van der Waals surface area contributed by atoms with Gasteiger partial charge in [-0.1, -0.05) is 65.8 Å². The van der Waals surface area contributed by atoms with Crippen molar-refractivity contribution >= 4 is 29.9 Å². The molecule has 1 unspecified atom stereocenters. The Morgan fingerprint density at radius 3 is 2.47 bits per heavy atom. The topological polar surface area (TPSA) is 71.7 Å². The summed E-state index contributed by atoms with van der Waals surface area (Å²) in [7, 11) is 1.75. The van der Waals surface area contributed by atoms with E-state index in [1.807, 2.05) is 54.6 Å². The van der Waals surface area contributed by atoms with E-state index in [9.17, 15) is 0 Å². The van der Waals surface area contributed by atoms with Gasteiger partial charge in [-0.3, -0.25) is 4.99 Å². The van der Waals surface area contributed by atoms with E-state index < -0.39 is 0 Å². The number of hydrogen-bond donors (Lipinski definition) is 2. The molecule has 3 rings (SSSR count). The average molecular weight is 520 g/mol. The summed E-state index contributed by atoms with van der Waals surface area (Å²) in [5.74, 6) is 1.49. The Labute approximate surface area is 195 Å². The van der Waals surface area contributed by atoms with Crippen LogP contribution in [0.25, 0.3) is 11.3 Å². The number of benzene rings is 2. The molecule has 3 aromatic rings.